The lowest BCUT2D eigenvalue weighted by Gasteiger charge is -2.21. The molecule has 1 atom stereocenters. The zero-order valence-corrected chi connectivity index (χ0v) is 10.7. The number of hydrogen-bond donors (Lipinski definition) is 2. The maximum absolute atomic E-state index is 10.6. The Morgan fingerprint density at radius 1 is 1.35 bits per heavy atom. The standard InChI is InChI=1S/C14H20O3/c1-10-4-5-12(11(2)8-10)6-7-14(3,17)9-13(15)16/h4-5,8,17H,6-7,9H2,1-3H3,(H,15,16). The van der Waals surface area contributed by atoms with Crippen LogP contribution in [0.5, 0.6) is 0 Å². The first kappa shape index (κ1) is 13.7. The molecule has 0 heterocycles. The third-order valence-corrected chi connectivity index (χ3v) is 2.96. The number of carbonyl (C=O) groups is 1. The van der Waals surface area contributed by atoms with Crippen molar-refractivity contribution >= 4 is 5.97 Å². The Hall–Kier alpha value is -1.35. The van der Waals surface area contributed by atoms with Crippen LogP contribution in [0.25, 0.3) is 0 Å². The van der Waals surface area contributed by atoms with E-state index in [1.54, 1.807) is 6.92 Å². The van der Waals surface area contributed by atoms with Crippen molar-refractivity contribution < 1.29 is 15.0 Å². The van der Waals surface area contributed by atoms with Gasteiger partial charge in [0.1, 0.15) is 0 Å². The highest BCUT2D eigenvalue weighted by atomic mass is 16.4. The molecule has 0 aliphatic heterocycles. The molecule has 0 aliphatic rings. The molecule has 0 amide bonds. The van der Waals surface area contributed by atoms with Crippen LogP contribution in [0.15, 0.2) is 18.2 Å². The van der Waals surface area contributed by atoms with E-state index in [9.17, 15) is 9.90 Å². The molecule has 0 saturated heterocycles. The Morgan fingerprint density at radius 3 is 2.53 bits per heavy atom. The van der Waals surface area contributed by atoms with Gasteiger partial charge in [-0.3, -0.25) is 4.79 Å². The highest BCUT2D eigenvalue weighted by Crippen LogP contribution is 2.20. The Bertz CT molecular complexity index is 408. The first-order valence-corrected chi connectivity index (χ1v) is 5.80. The van der Waals surface area contributed by atoms with Crippen molar-refractivity contribution in [3.8, 4) is 0 Å². The number of hydrogen-bond acceptors (Lipinski definition) is 2. The summed E-state index contributed by atoms with van der Waals surface area (Å²) in [5, 5.41) is 18.6. The van der Waals surface area contributed by atoms with E-state index in [1.165, 1.54) is 16.7 Å². The van der Waals surface area contributed by atoms with Crippen LogP contribution in [-0.4, -0.2) is 21.8 Å². The monoisotopic (exact) mass is 236 g/mol. The van der Waals surface area contributed by atoms with Crippen molar-refractivity contribution in [2.75, 3.05) is 0 Å². The van der Waals surface area contributed by atoms with Crippen molar-refractivity contribution in [3.63, 3.8) is 0 Å². The smallest absolute Gasteiger partial charge is 0.306 e. The van der Waals surface area contributed by atoms with Gasteiger partial charge in [0.05, 0.1) is 12.0 Å². The summed E-state index contributed by atoms with van der Waals surface area (Å²) in [6, 6.07) is 6.18. The van der Waals surface area contributed by atoms with Gasteiger partial charge in [0, 0.05) is 0 Å². The molecule has 1 unspecified atom stereocenters. The van der Waals surface area contributed by atoms with Crippen molar-refractivity contribution in [2.45, 2.75) is 45.6 Å². The van der Waals surface area contributed by atoms with Crippen LogP contribution >= 0.6 is 0 Å². The Morgan fingerprint density at radius 2 is 2.00 bits per heavy atom. The van der Waals surface area contributed by atoms with Gasteiger partial charge in [-0.05, 0) is 44.7 Å². The van der Waals surface area contributed by atoms with Gasteiger partial charge < -0.3 is 10.2 Å². The molecule has 1 rings (SSSR count). The lowest BCUT2D eigenvalue weighted by molar-refractivity contribution is -0.142. The van der Waals surface area contributed by atoms with E-state index in [0.717, 1.165) is 0 Å². The molecule has 0 bridgehead atoms. The SMILES string of the molecule is Cc1ccc(CCC(C)(O)CC(=O)O)c(C)c1. The van der Waals surface area contributed by atoms with Gasteiger partial charge in [0.2, 0.25) is 0 Å². The minimum Gasteiger partial charge on any atom is -0.481 e. The maximum atomic E-state index is 10.6. The Kier molecular flexibility index (Phi) is 4.29. The van der Waals surface area contributed by atoms with E-state index >= 15 is 0 Å². The Labute approximate surface area is 102 Å². The first-order valence-electron chi connectivity index (χ1n) is 5.80. The molecule has 0 radical (unpaired) electrons. The van der Waals surface area contributed by atoms with Crippen LogP contribution in [0.4, 0.5) is 0 Å². The summed E-state index contributed by atoms with van der Waals surface area (Å²) < 4.78 is 0. The molecular weight excluding hydrogens is 216 g/mol. The molecule has 0 aliphatic carbocycles. The van der Waals surface area contributed by atoms with E-state index in [0.29, 0.717) is 12.8 Å². The van der Waals surface area contributed by atoms with Gasteiger partial charge in [-0.25, -0.2) is 0 Å². The Balaban J connectivity index is 2.64. The fourth-order valence-corrected chi connectivity index (χ4v) is 1.94. The topological polar surface area (TPSA) is 57.5 Å². The van der Waals surface area contributed by atoms with Crippen molar-refractivity contribution in [3.05, 3.63) is 34.9 Å². The lowest BCUT2D eigenvalue weighted by atomic mass is 9.92. The second kappa shape index (κ2) is 5.32. The number of aliphatic carboxylic acids is 1. The van der Waals surface area contributed by atoms with Crippen LogP contribution in [-0.2, 0) is 11.2 Å². The van der Waals surface area contributed by atoms with Crippen LogP contribution in [0, 0.1) is 13.8 Å². The van der Waals surface area contributed by atoms with Gasteiger partial charge in [0.15, 0.2) is 0 Å². The summed E-state index contributed by atoms with van der Waals surface area (Å²) in [5.74, 6) is -0.962. The summed E-state index contributed by atoms with van der Waals surface area (Å²) in [6.07, 6.45) is 0.952. The molecule has 0 spiro atoms. The molecule has 2 N–H and O–H groups in total. The zero-order valence-electron chi connectivity index (χ0n) is 10.7. The van der Waals surface area contributed by atoms with Gasteiger partial charge in [-0.1, -0.05) is 23.8 Å². The van der Waals surface area contributed by atoms with Gasteiger partial charge in [0.25, 0.3) is 0 Å². The third kappa shape index (κ3) is 4.57. The number of aryl methyl sites for hydroxylation is 3. The van der Waals surface area contributed by atoms with E-state index in [1.807, 2.05) is 26.0 Å². The highest BCUT2D eigenvalue weighted by molar-refractivity contribution is 5.68. The predicted molar refractivity (Wildman–Crippen MR) is 67.1 cm³/mol. The van der Waals surface area contributed by atoms with Crippen LogP contribution < -0.4 is 0 Å². The predicted octanol–water partition coefficient (Wildman–Crippen LogP) is 2.46. The fraction of sp³-hybridized carbons (Fsp3) is 0.500. The number of aliphatic hydroxyl groups is 1. The summed E-state index contributed by atoms with van der Waals surface area (Å²) in [7, 11) is 0. The summed E-state index contributed by atoms with van der Waals surface area (Å²) in [4.78, 5) is 10.6. The van der Waals surface area contributed by atoms with E-state index in [-0.39, 0.29) is 6.42 Å². The molecule has 1 aromatic rings. The first-order chi connectivity index (χ1) is 7.80. The number of carboxylic acid groups (broad SMARTS) is 1. The fourth-order valence-electron chi connectivity index (χ4n) is 1.94. The number of carboxylic acids is 1. The normalized spacial score (nSPS) is 14.4. The average Bonchev–Trinajstić information content (AvgIpc) is 2.14. The van der Waals surface area contributed by atoms with Gasteiger partial charge >= 0.3 is 5.97 Å². The molecule has 0 aromatic heterocycles. The largest absolute Gasteiger partial charge is 0.481 e. The highest BCUT2D eigenvalue weighted by Gasteiger charge is 2.23. The van der Waals surface area contributed by atoms with E-state index in [2.05, 4.69) is 6.07 Å². The summed E-state index contributed by atoms with van der Waals surface area (Å²) in [6.45, 7) is 5.65. The second-order valence-corrected chi connectivity index (χ2v) is 5.00. The van der Waals surface area contributed by atoms with Crippen molar-refractivity contribution in [1.29, 1.82) is 0 Å². The minimum atomic E-state index is -1.14. The molecule has 94 valence electrons. The van der Waals surface area contributed by atoms with E-state index in [4.69, 9.17) is 5.11 Å². The minimum absolute atomic E-state index is 0.210. The zero-order chi connectivity index (χ0) is 13.1. The van der Waals surface area contributed by atoms with Crippen LogP contribution in [0.1, 0.15) is 36.5 Å². The quantitative estimate of drug-likeness (QED) is 0.825. The molecule has 0 saturated carbocycles. The van der Waals surface area contributed by atoms with Gasteiger partial charge in [-0.15, -0.1) is 0 Å². The molecule has 17 heavy (non-hydrogen) atoms. The molecule has 1 aromatic carbocycles. The molecule has 3 heteroatoms. The number of rotatable bonds is 5. The number of benzene rings is 1. The van der Waals surface area contributed by atoms with Crippen molar-refractivity contribution in [1.82, 2.24) is 0 Å². The molecule has 0 fully saturated rings. The van der Waals surface area contributed by atoms with Crippen LogP contribution in [0.3, 0.4) is 0 Å². The van der Waals surface area contributed by atoms with Crippen LogP contribution in [0.2, 0.25) is 0 Å². The van der Waals surface area contributed by atoms with E-state index < -0.39 is 11.6 Å². The third-order valence-electron chi connectivity index (χ3n) is 2.96. The summed E-state index contributed by atoms with van der Waals surface area (Å²) >= 11 is 0. The molecule has 3 nitrogen and oxygen atoms in total. The van der Waals surface area contributed by atoms with Gasteiger partial charge in [-0.2, -0.15) is 0 Å². The summed E-state index contributed by atoms with van der Waals surface area (Å²) in [5.41, 5.74) is 2.43. The molecular formula is C14H20O3. The van der Waals surface area contributed by atoms with Crippen molar-refractivity contribution in [2.24, 2.45) is 0 Å². The lowest BCUT2D eigenvalue weighted by Crippen LogP contribution is -2.28. The average molecular weight is 236 g/mol. The maximum Gasteiger partial charge on any atom is 0.306 e. The second-order valence-electron chi connectivity index (χ2n) is 5.00.